The second-order valence-corrected chi connectivity index (χ2v) is 8.24. The number of pyridine rings is 2. The number of nitrogens with one attached hydrogen (secondary N) is 1. The van der Waals surface area contributed by atoms with Crippen molar-refractivity contribution in [3.8, 4) is 17.0 Å². The Morgan fingerprint density at radius 2 is 1.89 bits per heavy atom. The molecule has 36 heavy (non-hydrogen) atoms. The number of halogens is 5. The van der Waals surface area contributed by atoms with Gasteiger partial charge in [-0.2, -0.15) is 13.2 Å². The highest BCUT2D eigenvalue weighted by molar-refractivity contribution is 6.31. The fourth-order valence-electron chi connectivity index (χ4n) is 3.55. The summed E-state index contributed by atoms with van der Waals surface area (Å²) in [6, 6.07) is 13.4. The third-order valence-corrected chi connectivity index (χ3v) is 5.82. The van der Waals surface area contributed by atoms with Crippen molar-refractivity contribution in [1.82, 2.24) is 15.3 Å². The topological polar surface area (TPSA) is 84.3 Å². The zero-order valence-corrected chi connectivity index (χ0v) is 19.4. The first kappa shape index (κ1) is 25.3. The minimum Gasteiger partial charge on any atom is -0.494 e. The summed E-state index contributed by atoms with van der Waals surface area (Å²) in [4.78, 5) is 20.8. The molecule has 1 unspecified atom stereocenters. The fraction of sp³-hybridized carbons (Fsp3) is 0.160. The summed E-state index contributed by atoms with van der Waals surface area (Å²) in [7, 11) is 1.28. The van der Waals surface area contributed by atoms with Crippen molar-refractivity contribution in [2.45, 2.75) is 11.8 Å². The summed E-state index contributed by atoms with van der Waals surface area (Å²) in [6.45, 7) is -1.22. The number of rotatable bonds is 6. The first-order chi connectivity index (χ1) is 17.0. The van der Waals surface area contributed by atoms with E-state index in [0.29, 0.717) is 10.9 Å². The van der Waals surface area contributed by atoms with Crippen LogP contribution in [-0.4, -0.2) is 40.8 Å². The molecular formula is C25H18ClF4N3O3. The average molecular weight is 520 g/mol. The van der Waals surface area contributed by atoms with Gasteiger partial charge in [-0.3, -0.25) is 9.78 Å². The summed E-state index contributed by atoms with van der Waals surface area (Å²) in [5, 5.41) is 13.3. The largest absolute Gasteiger partial charge is 0.494 e. The third kappa shape index (κ3) is 4.82. The standard InChI is InChI=1S/C25H18ClF4N3O3/c1-36-20-8-9-21(33-22(20)15-4-6-18(27)17(26)12-15)24(35,25(28,29)30)13-32-23(34)16-5-7-19-14(11-16)3-2-10-31-19/h2-12,35H,13H2,1H3,(H,32,34). The van der Waals surface area contributed by atoms with E-state index >= 15 is 0 Å². The van der Waals surface area contributed by atoms with Crippen molar-refractivity contribution in [2.75, 3.05) is 13.7 Å². The minimum atomic E-state index is -5.22. The van der Waals surface area contributed by atoms with Gasteiger partial charge in [0.1, 0.15) is 17.3 Å². The Labute approximate surface area is 207 Å². The number of amides is 1. The van der Waals surface area contributed by atoms with Crippen LogP contribution in [0.15, 0.2) is 66.9 Å². The molecule has 2 aromatic heterocycles. The van der Waals surface area contributed by atoms with Crippen LogP contribution in [0.3, 0.4) is 0 Å². The highest BCUT2D eigenvalue weighted by atomic mass is 35.5. The second-order valence-electron chi connectivity index (χ2n) is 7.83. The Kier molecular flexibility index (Phi) is 6.83. The highest BCUT2D eigenvalue weighted by Gasteiger charge is 2.56. The molecule has 0 radical (unpaired) electrons. The van der Waals surface area contributed by atoms with Gasteiger partial charge in [0.15, 0.2) is 0 Å². The van der Waals surface area contributed by atoms with Crippen molar-refractivity contribution in [3.63, 3.8) is 0 Å². The van der Waals surface area contributed by atoms with E-state index in [1.165, 1.54) is 37.4 Å². The zero-order chi connectivity index (χ0) is 26.1. The maximum absolute atomic E-state index is 14.1. The number of benzene rings is 2. The number of hydrogen-bond donors (Lipinski definition) is 2. The van der Waals surface area contributed by atoms with Gasteiger partial charge in [-0.1, -0.05) is 17.7 Å². The van der Waals surface area contributed by atoms with Gasteiger partial charge in [0, 0.05) is 22.7 Å². The van der Waals surface area contributed by atoms with Gasteiger partial charge in [0.05, 0.1) is 29.9 Å². The lowest BCUT2D eigenvalue weighted by Crippen LogP contribution is -2.51. The van der Waals surface area contributed by atoms with Crippen LogP contribution in [0.4, 0.5) is 17.6 Å². The van der Waals surface area contributed by atoms with Crippen LogP contribution >= 0.6 is 11.6 Å². The van der Waals surface area contributed by atoms with Gasteiger partial charge in [0.2, 0.25) is 5.60 Å². The summed E-state index contributed by atoms with van der Waals surface area (Å²) < 4.78 is 61.2. The molecule has 2 aromatic carbocycles. The number of methoxy groups -OCH3 is 1. The van der Waals surface area contributed by atoms with Crippen LogP contribution in [0.5, 0.6) is 5.75 Å². The van der Waals surface area contributed by atoms with Gasteiger partial charge in [-0.25, -0.2) is 9.37 Å². The van der Waals surface area contributed by atoms with Crippen LogP contribution in [0, 0.1) is 5.82 Å². The maximum atomic E-state index is 14.1. The molecule has 0 fully saturated rings. The number of carbonyl (C=O) groups is 1. The Balaban J connectivity index is 1.68. The second kappa shape index (κ2) is 9.71. The molecule has 0 aliphatic rings. The van der Waals surface area contributed by atoms with Gasteiger partial charge in [-0.15, -0.1) is 0 Å². The Morgan fingerprint density at radius 1 is 1.11 bits per heavy atom. The number of fused-ring (bicyclic) bond motifs is 1. The molecule has 0 saturated heterocycles. The normalized spacial score (nSPS) is 13.3. The van der Waals surface area contributed by atoms with Crippen molar-refractivity contribution in [1.29, 1.82) is 0 Å². The SMILES string of the molecule is COc1ccc(C(O)(CNC(=O)c2ccc3ncccc3c2)C(F)(F)F)nc1-c1ccc(F)c(Cl)c1. The van der Waals surface area contributed by atoms with Crippen molar-refractivity contribution >= 4 is 28.4 Å². The van der Waals surface area contributed by atoms with Gasteiger partial charge >= 0.3 is 6.18 Å². The minimum absolute atomic E-state index is 0.0692. The highest BCUT2D eigenvalue weighted by Crippen LogP contribution is 2.40. The number of carbonyl (C=O) groups excluding carboxylic acids is 1. The van der Waals surface area contributed by atoms with Crippen molar-refractivity contribution < 1.29 is 32.2 Å². The van der Waals surface area contributed by atoms with Crippen LogP contribution in [0.1, 0.15) is 16.1 Å². The number of hydrogen-bond acceptors (Lipinski definition) is 5. The number of nitrogens with zero attached hydrogens (tertiary/aromatic N) is 2. The van der Waals surface area contributed by atoms with Crippen LogP contribution in [0.25, 0.3) is 22.2 Å². The molecular weight excluding hydrogens is 502 g/mol. The molecule has 1 atom stereocenters. The van der Waals surface area contributed by atoms with E-state index in [0.717, 1.165) is 12.1 Å². The first-order valence-electron chi connectivity index (χ1n) is 10.5. The van der Waals surface area contributed by atoms with E-state index < -0.39 is 35.7 Å². The van der Waals surface area contributed by atoms with E-state index in [-0.39, 0.29) is 27.6 Å². The zero-order valence-electron chi connectivity index (χ0n) is 18.6. The Bertz CT molecular complexity index is 1450. The van der Waals surface area contributed by atoms with Crippen LogP contribution in [-0.2, 0) is 5.60 Å². The molecule has 186 valence electrons. The number of ether oxygens (including phenoxy) is 1. The molecule has 2 N–H and O–H groups in total. The van der Waals surface area contributed by atoms with Crippen molar-refractivity contribution in [3.05, 3.63) is 89.0 Å². The summed E-state index contributed by atoms with van der Waals surface area (Å²) in [5.41, 5.74) is -3.59. The maximum Gasteiger partial charge on any atom is 0.424 e. The molecule has 0 aliphatic carbocycles. The van der Waals surface area contributed by atoms with Crippen molar-refractivity contribution in [2.24, 2.45) is 0 Å². The number of alkyl halides is 3. The lowest BCUT2D eigenvalue weighted by atomic mass is 9.96. The average Bonchev–Trinajstić information content (AvgIpc) is 2.87. The molecule has 4 rings (SSSR count). The lowest BCUT2D eigenvalue weighted by molar-refractivity contribution is -0.265. The Morgan fingerprint density at radius 3 is 2.58 bits per heavy atom. The molecule has 11 heteroatoms. The molecule has 1 amide bonds. The monoisotopic (exact) mass is 519 g/mol. The predicted octanol–water partition coefficient (Wildman–Crippen LogP) is 5.28. The van der Waals surface area contributed by atoms with Crippen LogP contribution in [0.2, 0.25) is 5.02 Å². The lowest BCUT2D eigenvalue weighted by Gasteiger charge is -2.30. The van der Waals surface area contributed by atoms with E-state index in [4.69, 9.17) is 16.3 Å². The number of aromatic nitrogens is 2. The molecule has 2 heterocycles. The van der Waals surface area contributed by atoms with Gasteiger partial charge < -0.3 is 15.2 Å². The summed E-state index contributed by atoms with van der Waals surface area (Å²) in [6.07, 6.45) is -3.64. The van der Waals surface area contributed by atoms with E-state index in [1.54, 1.807) is 24.4 Å². The molecule has 0 aliphatic heterocycles. The van der Waals surface area contributed by atoms with E-state index in [1.807, 2.05) is 0 Å². The first-order valence-corrected chi connectivity index (χ1v) is 10.8. The third-order valence-electron chi connectivity index (χ3n) is 5.53. The van der Waals surface area contributed by atoms with Gasteiger partial charge in [0.25, 0.3) is 5.91 Å². The summed E-state index contributed by atoms with van der Waals surface area (Å²) in [5.74, 6) is -1.49. The molecule has 6 nitrogen and oxygen atoms in total. The predicted molar refractivity (Wildman–Crippen MR) is 125 cm³/mol. The van der Waals surface area contributed by atoms with Crippen LogP contribution < -0.4 is 10.1 Å². The molecule has 0 saturated carbocycles. The van der Waals surface area contributed by atoms with E-state index in [2.05, 4.69) is 15.3 Å². The molecule has 4 aromatic rings. The quantitative estimate of drug-likeness (QED) is 0.339. The number of aliphatic hydroxyl groups is 1. The summed E-state index contributed by atoms with van der Waals surface area (Å²) >= 11 is 5.82. The molecule has 0 bridgehead atoms. The van der Waals surface area contributed by atoms with E-state index in [9.17, 15) is 27.5 Å². The fourth-order valence-corrected chi connectivity index (χ4v) is 3.74. The Hall–Kier alpha value is -3.76. The molecule has 0 spiro atoms. The smallest absolute Gasteiger partial charge is 0.424 e. The van der Waals surface area contributed by atoms with Gasteiger partial charge in [-0.05, 0) is 54.6 Å².